The standard InChI is InChI=1S/C16H16ClN3O/c1-16(2,3)21-12-6-4-11(5-7-12)13-10-14(17)20-15(19-13)8-9-18-20/h4-10H,1-3H3. The van der Waals surface area contributed by atoms with Gasteiger partial charge in [0, 0.05) is 17.7 Å². The number of fused-ring (bicyclic) bond motifs is 1. The molecule has 0 bridgehead atoms. The summed E-state index contributed by atoms with van der Waals surface area (Å²) >= 11 is 6.21. The number of nitrogens with zero attached hydrogens (tertiary/aromatic N) is 3. The molecule has 0 aliphatic heterocycles. The van der Waals surface area contributed by atoms with Gasteiger partial charge in [-0.05, 0) is 45.0 Å². The lowest BCUT2D eigenvalue weighted by atomic mass is 10.1. The van der Waals surface area contributed by atoms with Crippen molar-refractivity contribution in [2.24, 2.45) is 0 Å². The van der Waals surface area contributed by atoms with Crippen LogP contribution in [0, 0.1) is 0 Å². The molecule has 2 heterocycles. The maximum atomic E-state index is 6.21. The highest BCUT2D eigenvalue weighted by molar-refractivity contribution is 6.30. The molecular weight excluding hydrogens is 286 g/mol. The number of rotatable bonds is 2. The van der Waals surface area contributed by atoms with Crippen LogP contribution in [0.2, 0.25) is 5.15 Å². The van der Waals surface area contributed by atoms with E-state index in [1.807, 2.05) is 51.1 Å². The van der Waals surface area contributed by atoms with Crippen LogP contribution in [-0.4, -0.2) is 20.2 Å². The van der Waals surface area contributed by atoms with Gasteiger partial charge in [0.05, 0.1) is 11.9 Å². The fourth-order valence-corrected chi connectivity index (χ4v) is 2.30. The van der Waals surface area contributed by atoms with Crippen molar-refractivity contribution in [2.75, 3.05) is 0 Å². The lowest BCUT2D eigenvalue weighted by Gasteiger charge is -2.21. The first-order valence-corrected chi connectivity index (χ1v) is 7.10. The van der Waals surface area contributed by atoms with E-state index >= 15 is 0 Å². The largest absolute Gasteiger partial charge is 0.488 e. The quantitative estimate of drug-likeness (QED) is 0.665. The van der Waals surface area contributed by atoms with Crippen molar-refractivity contribution in [3.05, 3.63) is 47.7 Å². The molecule has 108 valence electrons. The molecule has 0 fully saturated rings. The van der Waals surface area contributed by atoms with Crippen LogP contribution < -0.4 is 4.74 Å². The molecule has 0 aliphatic rings. The van der Waals surface area contributed by atoms with Crippen molar-refractivity contribution >= 4 is 17.2 Å². The van der Waals surface area contributed by atoms with Crippen molar-refractivity contribution in [2.45, 2.75) is 26.4 Å². The monoisotopic (exact) mass is 301 g/mol. The third-order valence-electron chi connectivity index (χ3n) is 2.89. The van der Waals surface area contributed by atoms with Gasteiger partial charge in [-0.25, -0.2) is 9.50 Å². The molecule has 0 unspecified atom stereocenters. The predicted molar refractivity (Wildman–Crippen MR) is 83.8 cm³/mol. The van der Waals surface area contributed by atoms with Gasteiger partial charge in [-0.2, -0.15) is 5.10 Å². The second-order valence-corrected chi connectivity index (χ2v) is 6.19. The zero-order chi connectivity index (χ0) is 15.0. The Morgan fingerprint density at radius 2 is 1.81 bits per heavy atom. The summed E-state index contributed by atoms with van der Waals surface area (Å²) in [6.45, 7) is 6.07. The topological polar surface area (TPSA) is 39.4 Å². The van der Waals surface area contributed by atoms with E-state index in [1.165, 1.54) is 0 Å². The maximum absolute atomic E-state index is 6.21. The summed E-state index contributed by atoms with van der Waals surface area (Å²) in [6.07, 6.45) is 1.68. The minimum atomic E-state index is -0.209. The number of ether oxygens (including phenoxy) is 1. The van der Waals surface area contributed by atoms with Gasteiger partial charge in [0.25, 0.3) is 0 Å². The normalized spacial score (nSPS) is 11.8. The average molecular weight is 302 g/mol. The fraction of sp³-hybridized carbons (Fsp3) is 0.250. The Hall–Kier alpha value is -2.07. The summed E-state index contributed by atoms with van der Waals surface area (Å²) in [6, 6.07) is 11.5. The molecule has 0 spiro atoms. The molecule has 0 saturated carbocycles. The van der Waals surface area contributed by atoms with E-state index < -0.39 is 0 Å². The Morgan fingerprint density at radius 1 is 1.10 bits per heavy atom. The highest BCUT2D eigenvalue weighted by Crippen LogP contribution is 2.25. The van der Waals surface area contributed by atoms with Gasteiger partial charge in [-0.1, -0.05) is 11.6 Å². The van der Waals surface area contributed by atoms with Crippen molar-refractivity contribution in [3.8, 4) is 17.0 Å². The molecule has 0 radical (unpaired) electrons. The van der Waals surface area contributed by atoms with E-state index in [9.17, 15) is 0 Å². The van der Waals surface area contributed by atoms with Crippen LogP contribution in [0.1, 0.15) is 20.8 Å². The molecule has 3 aromatic rings. The summed E-state index contributed by atoms with van der Waals surface area (Å²) in [4.78, 5) is 4.55. The van der Waals surface area contributed by atoms with Crippen LogP contribution in [0.25, 0.3) is 16.9 Å². The smallest absolute Gasteiger partial charge is 0.157 e. The van der Waals surface area contributed by atoms with Crippen LogP contribution in [0.15, 0.2) is 42.6 Å². The van der Waals surface area contributed by atoms with Gasteiger partial charge in [0.2, 0.25) is 0 Å². The zero-order valence-electron chi connectivity index (χ0n) is 12.2. The summed E-state index contributed by atoms with van der Waals surface area (Å²) in [5, 5.41) is 4.65. The third kappa shape index (κ3) is 3.00. The van der Waals surface area contributed by atoms with E-state index in [0.717, 1.165) is 22.7 Å². The molecular formula is C16H16ClN3O. The number of halogens is 1. The molecule has 0 aliphatic carbocycles. The summed E-state index contributed by atoms with van der Waals surface area (Å²) in [5.41, 5.74) is 2.32. The number of aromatic nitrogens is 3. The fourth-order valence-electron chi connectivity index (χ4n) is 2.07. The second-order valence-electron chi connectivity index (χ2n) is 5.80. The van der Waals surface area contributed by atoms with E-state index in [1.54, 1.807) is 16.8 Å². The summed E-state index contributed by atoms with van der Waals surface area (Å²) < 4.78 is 7.41. The first-order chi connectivity index (χ1) is 9.92. The van der Waals surface area contributed by atoms with Gasteiger partial charge < -0.3 is 4.74 Å². The summed E-state index contributed by atoms with van der Waals surface area (Å²) in [5.74, 6) is 0.836. The Bertz CT molecular complexity index is 772. The van der Waals surface area contributed by atoms with Crippen molar-refractivity contribution in [1.82, 2.24) is 14.6 Å². The lowest BCUT2D eigenvalue weighted by molar-refractivity contribution is 0.131. The van der Waals surface area contributed by atoms with Gasteiger partial charge >= 0.3 is 0 Å². The summed E-state index contributed by atoms with van der Waals surface area (Å²) in [7, 11) is 0. The van der Waals surface area contributed by atoms with Crippen LogP contribution in [0.4, 0.5) is 0 Å². The number of hydrogen-bond acceptors (Lipinski definition) is 3. The molecule has 0 atom stereocenters. The Kier molecular flexibility index (Phi) is 3.33. The molecule has 1 aromatic carbocycles. The van der Waals surface area contributed by atoms with Crippen molar-refractivity contribution in [3.63, 3.8) is 0 Å². The van der Waals surface area contributed by atoms with Crippen molar-refractivity contribution in [1.29, 1.82) is 0 Å². The molecule has 4 nitrogen and oxygen atoms in total. The minimum absolute atomic E-state index is 0.209. The number of benzene rings is 1. The number of hydrogen-bond donors (Lipinski definition) is 0. The highest BCUT2D eigenvalue weighted by atomic mass is 35.5. The second kappa shape index (κ2) is 5.04. The van der Waals surface area contributed by atoms with Gasteiger partial charge in [0.1, 0.15) is 16.5 Å². The zero-order valence-corrected chi connectivity index (χ0v) is 12.9. The van der Waals surface area contributed by atoms with Gasteiger partial charge in [-0.15, -0.1) is 0 Å². The Morgan fingerprint density at radius 3 is 2.48 bits per heavy atom. The van der Waals surface area contributed by atoms with E-state index in [2.05, 4.69) is 10.1 Å². The van der Waals surface area contributed by atoms with Crippen LogP contribution in [-0.2, 0) is 0 Å². The highest BCUT2D eigenvalue weighted by Gasteiger charge is 2.12. The van der Waals surface area contributed by atoms with E-state index in [0.29, 0.717) is 5.15 Å². The van der Waals surface area contributed by atoms with Crippen molar-refractivity contribution < 1.29 is 4.74 Å². The molecule has 0 N–H and O–H groups in total. The molecule has 2 aromatic heterocycles. The minimum Gasteiger partial charge on any atom is -0.488 e. The van der Waals surface area contributed by atoms with E-state index in [-0.39, 0.29) is 5.60 Å². The predicted octanol–water partition coefficient (Wildman–Crippen LogP) is 4.23. The average Bonchev–Trinajstić information content (AvgIpc) is 2.86. The van der Waals surface area contributed by atoms with Gasteiger partial charge in [0.15, 0.2) is 5.65 Å². The Balaban J connectivity index is 1.95. The molecule has 5 heteroatoms. The first kappa shape index (κ1) is 13.9. The molecule has 0 amide bonds. The third-order valence-corrected chi connectivity index (χ3v) is 3.16. The van der Waals surface area contributed by atoms with Crippen LogP contribution in [0.3, 0.4) is 0 Å². The maximum Gasteiger partial charge on any atom is 0.157 e. The molecule has 3 rings (SSSR count). The lowest BCUT2D eigenvalue weighted by Crippen LogP contribution is -2.22. The van der Waals surface area contributed by atoms with Gasteiger partial charge in [-0.3, -0.25) is 0 Å². The molecule has 0 saturated heterocycles. The Labute approximate surface area is 128 Å². The van der Waals surface area contributed by atoms with Crippen LogP contribution in [0.5, 0.6) is 5.75 Å². The molecule has 21 heavy (non-hydrogen) atoms. The first-order valence-electron chi connectivity index (χ1n) is 6.72. The SMILES string of the molecule is CC(C)(C)Oc1ccc(-c2cc(Cl)n3nccc3n2)cc1. The van der Waals surface area contributed by atoms with Crippen LogP contribution >= 0.6 is 11.6 Å². The van der Waals surface area contributed by atoms with E-state index in [4.69, 9.17) is 16.3 Å².